The summed E-state index contributed by atoms with van der Waals surface area (Å²) >= 11 is 0. The van der Waals surface area contributed by atoms with Crippen LogP contribution >= 0.6 is 0 Å². The monoisotopic (exact) mass is 268 g/mol. The van der Waals surface area contributed by atoms with Crippen molar-refractivity contribution in [1.82, 2.24) is 15.1 Å². The van der Waals surface area contributed by atoms with Crippen molar-refractivity contribution in [3.8, 4) is 0 Å². The number of piperidine rings is 2. The molecule has 1 amide bonds. The summed E-state index contributed by atoms with van der Waals surface area (Å²) in [6, 6.07) is 0.331. The van der Waals surface area contributed by atoms with E-state index in [1.54, 1.807) is 0 Å². The lowest BCUT2D eigenvalue weighted by molar-refractivity contribution is -0.122. The Morgan fingerprint density at radius 3 is 2.68 bits per heavy atom. The number of carbonyl (C=O) groups is 1. The van der Waals surface area contributed by atoms with Gasteiger partial charge in [0.25, 0.3) is 0 Å². The van der Waals surface area contributed by atoms with E-state index in [1.165, 1.54) is 19.4 Å². The highest BCUT2D eigenvalue weighted by Gasteiger charge is 2.20. The summed E-state index contributed by atoms with van der Waals surface area (Å²) in [4.78, 5) is 16.5. The van der Waals surface area contributed by atoms with E-state index in [9.17, 15) is 4.79 Å². The van der Waals surface area contributed by atoms with Crippen molar-refractivity contribution < 1.29 is 4.79 Å². The van der Waals surface area contributed by atoms with Crippen LogP contribution in [0.2, 0.25) is 0 Å². The summed E-state index contributed by atoms with van der Waals surface area (Å²) < 4.78 is 0. The van der Waals surface area contributed by atoms with Crippen LogP contribution < -0.4 is 11.1 Å². The van der Waals surface area contributed by atoms with E-state index in [2.05, 4.69) is 22.2 Å². The van der Waals surface area contributed by atoms with Crippen molar-refractivity contribution >= 4 is 5.91 Å². The number of hydrogen-bond acceptors (Lipinski definition) is 4. The fourth-order valence-electron chi connectivity index (χ4n) is 3.07. The van der Waals surface area contributed by atoms with Crippen LogP contribution in [0.1, 0.15) is 25.7 Å². The minimum atomic E-state index is 0.170. The van der Waals surface area contributed by atoms with Gasteiger partial charge in [-0.1, -0.05) is 0 Å². The zero-order chi connectivity index (χ0) is 13.7. The molecule has 2 fully saturated rings. The summed E-state index contributed by atoms with van der Waals surface area (Å²) in [6.45, 7) is 5.59. The van der Waals surface area contributed by atoms with E-state index in [0.29, 0.717) is 18.5 Å². The number of amides is 1. The van der Waals surface area contributed by atoms with Gasteiger partial charge in [-0.05, 0) is 45.2 Å². The topological polar surface area (TPSA) is 61.6 Å². The van der Waals surface area contributed by atoms with Gasteiger partial charge in [0.15, 0.2) is 0 Å². The first kappa shape index (κ1) is 14.8. The normalized spacial score (nSPS) is 27.4. The standard InChI is InChI=1S/C14H28N4O/c1-17-6-2-3-12(10-17)9-16-14(19)11-18-7-4-13(15)5-8-18/h12-13H,2-11,15H2,1H3,(H,16,19). The minimum absolute atomic E-state index is 0.170. The van der Waals surface area contributed by atoms with Gasteiger partial charge in [0.1, 0.15) is 0 Å². The SMILES string of the molecule is CN1CCCC(CNC(=O)CN2CCC(N)CC2)C1. The highest BCUT2D eigenvalue weighted by atomic mass is 16.2. The Hall–Kier alpha value is -0.650. The molecule has 19 heavy (non-hydrogen) atoms. The van der Waals surface area contributed by atoms with Crippen molar-refractivity contribution in [2.75, 3.05) is 46.3 Å². The van der Waals surface area contributed by atoms with Gasteiger partial charge < -0.3 is 16.0 Å². The summed E-state index contributed by atoms with van der Waals surface area (Å²) in [5.74, 6) is 0.793. The number of nitrogens with two attached hydrogens (primary N) is 1. The average Bonchev–Trinajstić information content (AvgIpc) is 2.39. The van der Waals surface area contributed by atoms with Gasteiger partial charge in [-0.25, -0.2) is 0 Å². The Balaban J connectivity index is 1.61. The van der Waals surface area contributed by atoms with Crippen LogP contribution in [0.3, 0.4) is 0 Å². The molecule has 0 bridgehead atoms. The Bertz CT molecular complexity index is 289. The van der Waals surface area contributed by atoms with Crippen LogP contribution in [0, 0.1) is 5.92 Å². The lowest BCUT2D eigenvalue weighted by Crippen LogP contribution is -2.46. The van der Waals surface area contributed by atoms with E-state index in [-0.39, 0.29) is 5.91 Å². The number of hydrogen-bond donors (Lipinski definition) is 2. The van der Waals surface area contributed by atoms with Gasteiger partial charge >= 0.3 is 0 Å². The van der Waals surface area contributed by atoms with Crippen molar-refractivity contribution in [1.29, 1.82) is 0 Å². The fourth-order valence-corrected chi connectivity index (χ4v) is 3.07. The molecule has 110 valence electrons. The maximum Gasteiger partial charge on any atom is 0.234 e. The van der Waals surface area contributed by atoms with Crippen molar-refractivity contribution in [3.63, 3.8) is 0 Å². The third-order valence-electron chi connectivity index (χ3n) is 4.31. The molecule has 2 aliphatic heterocycles. The van der Waals surface area contributed by atoms with Crippen molar-refractivity contribution in [3.05, 3.63) is 0 Å². The third kappa shape index (κ3) is 5.09. The van der Waals surface area contributed by atoms with E-state index >= 15 is 0 Å². The maximum atomic E-state index is 11.9. The number of carbonyl (C=O) groups excluding carboxylic acids is 1. The van der Waals surface area contributed by atoms with Crippen LogP contribution in [-0.2, 0) is 4.79 Å². The first-order valence-corrected chi connectivity index (χ1v) is 7.56. The molecule has 5 nitrogen and oxygen atoms in total. The average molecular weight is 268 g/mol. The predicted molar refractivity (Wildman–Crippen MR) is 76.9 cm³/mol. The number of nitrogens with zero attached hydrogens (tertiary/aromatic N) is 2. The quantitative estimate of drug-likeness (QED) is 0.745. The number of likely N-dealkylation sites (tertiary alicyclic amines) is 2. The number of nitrogens with one attached hydrogen (secondary N) is 1. The number of rotatable bonds is 4. The molecule has 3 N–H and O–H groups in total. The Labute approximate surface area is 116 Å². The largest absolute Gasteiger partial charge is 0.355 e. The summed E-state index contributed by atoms with van der Waals surface area (Å²) in [5.41, 5.74) is 5.87. The van der Waals surface area contributed by atoms with Gasteiger partial charge in [0.05, 0.1) is 6.54 Å². The smallest absolute Gasteiger partial charge is 0.234 e. The molecular weight excluding hydrogens is 240 g/mol. The fraction of sp³-hybridized carbons (Fsp3) is 0.929. The highest BCUT2D eigenvalue weighted by molar-refractivity contribution is 5.78. The van der Waals surface area contributed by atoms with Crippen LogP contribution in [-0.4, -0.2) is 68.1 Å². The van der Waals surface area contributed by atoms with Gasteiger partial charge in [-0.3, -0.25) is 9.69 Å². The molecule has 2 aliphatic rings. The lowest BCUT2D eigenvalue weighted by atomic mass is 9.98. The summed E-state index contributed by atoms with van der Waals surface area (Å²) in [5, 5.41) is 3.09. The molecule has 0 aromatic carbocycles. The molecule has 2 heterocycles. The van der Waals surface area contributed by atoms with E-state index in [0.717, 1.165) is 39.0 Å². The first-order chi connectivity index (χ1) is 9.13. The molecule has 0 aliphatic carbocycles. The predicted octanol–water partition coefficient (Wildman–Crippen LogP) is -0.132. The molecule has 2 rings (SSSR count). The van der Waals surface area contributed by atoms with Crippen molar-refractivity contribution in [2.45, 2.75) is 31.7 Å². The Kier molecular flexibility index (Phi) is 5.60. The Morgan fingerprint density at radius 2 is 2.00 bits per heavy atom. The maximum absolute atomic E-state index is 11.9. The molecule has 0 radical (unpaired) electrons. The van der Waals surface area contributed by atoms with Crippen LogP contribution in [0.15, 0.2) is 0 Å². The second-order valence-electron chi connectivity index (χ2n) is 6.19. The molecule has 1 atom stereocenters. The van der Waals surface area contributed by atoms with Gasteiger partial charge in [-0.2, -0.15) is 0 Å². The van der Waals surface area contributed by atoms with Crippen molar-refractivity contribution in [2.24, 2.45) is 11.7 Å². The molecular formula is C14H28N4O. The van der Waals surface area contributed by atoms with Crippen LogP contribution in [0.5, 0.6) is 0 Å². The van der Waals surface area contributed by atoms with Gasteiger partial charge in [0, 0.05) is 32.2 Å². The van der Waals surface area contributed by atoms with E-state index in [4.69, 9.17) is 5.73 Å². The van der Waals surface area contributed by atoms with Crippen LogP contribution in [0.4, 0.5) is 0 Å². The van der Waals surface area contributed by atoms with Gasteiger partial charge in [0.2, 0.25) is 5.91 Å². The molecule has 2 saturated heterocycles. The molecule has 0 spiro atoms. The zero-order valence-electron chi connectivity index (χ0n) is 12.1. The first-order valence-electron chi connectivity index (χ1n) is 7.56. The second-order valence-corrected chi connectivity index (χ2v) is 6.19. The lowest BCUT2D eigenvalue weighted by Gasteiger charge is -2.31. The summed E-state index contributed by atoms with van der Waals surface area (Å²) in [7, 11) is 2.16. The highest BCUT2D eigenvalue weighted by Crippen LogP contribution is 2.14. The Morgan fingerprint density at radius 1 is 1.26 bits per heavy atom. The molecule has 0 aromatic rings. The van der Waals surface area contributed by atoms with Crippen LogP contribution in [0.25, 0.3) is 0 Å². The third-order valence-corrected chi connectivity index (χ3v) is 4.31. The summed E-state index contributed by atoms with van der Waals surface area (Å²) in [6.07, 6.45) is 4.52. The van der Waals surface area contributed by atoms with Gasteiger partial charge in [-0.15, -0.1) is 0 Å². The second kappa shape index (κ2) is 7.22. The van der Waals surface area contributed by atoms with E-state index < -0.39 is 0 Å². The molecule has 5 heteroatoms. The zero-order valence-corrected chi connectivity index (χ0v) is 12.1. The molecule has 0 saturated carbocycles. The molecule has 1 unspecified atom stereocenters. The van der Waals surface area contributed by atoms with E-state index in [1.807, 2.05) is 0 Å². The molecule has 0 aromatic heterocycles. The minimum Gasteiger partial charge on any atom is -0.355 e.